The summed E-state index contributed by atoms with van der Waals surface area (Å²) < 4.78 is 12.8. The number of rotatable bonds is 7. The minimum Gasteiger partial charge on any atom is -0.489 e. The number of benzene rings is 4. The summed E-state index contributed by atoms with van der Waals surface area (Å²) in [7, 11) is 0. The van der Waals surface area contributed by atoms with Crippen LogP contribution in [0.3, 0.4) is 0 Å². The van der Waals surface area contributed by atoms with E-state index in [1.165, 1.54) is 0 Å². The fourth-order valence-electron chi connectivity index (χ4n) is 4.95. The van der Waals surface area contributed by atoms with Gasteiger partial charge >= 0.3 is 0 Å². The second-order valence-corrected chi connectivity index (χ2v) is 10.2. The van der Waals surface area contributed by atoms with Crippen molar-refractivity contribution in [3.63, 3.8) is 0 Å². The molecular formula is C32H24BrNO4. The van der Waals surface area contributed by atoms with Crippen LogP contribution in [-0.4, -0.2) is 17.4 Å². The standard InChI is InChI=1S/C32H24BrNO4/c33-24-13-16-27-26(19-24)30(35)28-29(23-11-14-25(15-12-23)37-20-22-9-5-2-6-10-22)34(32(36)31(28)38-27)18-17-21-7-3-1-4-8-21/h1-16,19,29H,17-18,20H2. The maximum atomic E-state index is 13.8. The lowest BCUT2D eigenvalue weighted by Gasteiger charge is -2.25. The molecule has 0 spiro atoms. The van der Waals surface area contributed by atoms with Gasteiger partial charge in [-0.05, 0) is 53.4 Å². The third kappa shape index (κ3) is 4.63. The summed E-state index contributed by atoms with van der Waals surface area (Å²) in [5, 5.41) is 0.448. The van der Waals surface area contributed by atoms with Crippen LogP contribution in [0.25, 0.3) is 11.0 Å². The molecule has 0 radical (unpaired) electrons. The molecule has 2 heterocycles. The second kappa shape index (κ2) is 10.3. The lowest BCUT2D eigenvalue weighted by Crippen LogP contribution is -2.31. The summed E-state index contributed by atoms with van der Waals surface area (Å²) in [6.07, 6.45) is 0.661. The molecule has 1 amide bonds. The van der Waals surface area contributed by atoms with Gasteiger partial charge in [-0.3, -0.25) is 9.59 Å². The third-order valence-electron chi connectivity index (χ3n) is 6.86. The highest BCUT2D eigenvalue weighted by atomic mass is 79.9. The lowest BCUT2D eigenvalue weighted by molar-refractivity contribution is 0.0730. The zero-order valence-electron chi connectivity index (χ0n) is 20.5. The van der Waals surface area contributed by atoms with Crippen molar-refractivity contribution < 1.29 is 13.9 Å². The monoisotopic (exact) mass is 565 g/mol. The highest BCUT2D eigenvalue weighted by Gasteiger charge is 2.42. The predicted molar refractivity (Wildman–Crippen MR) is 150 cm³/mol. The summed E-state index contributed by atoms with van der Waals surface area (Å²) in [6, 6.07) is 32.3. The van der Waals surface area contributed by atoms with Gasteiger partial charge in [-0.1, -0.05) is 88.7 Å². The van der Waals surface area contributed by atoms with Gasteiger partial charge in [0.05, 0.1) is 17.0 Å². The summed E-state index contributed by atoms with van der Waals surface area (Å²) >= 11 is 3.45. The van der Waals surface area contributed by atoms with Crippen molar-refractivity contribution >= 4 is 32.8 Å². The Morgan fingerprint density at radius 2 is 1.50 bits per heavy atom. The first-order chi connectivity index (χ1) is 18.6. The van der Waals surface area contributed by atoms with Crippen molar-refractivity contribution in [2.45, 2.75) is 19.1 Å². The summed E-state index contributed by atoms with van der Waals surface area (Å²) in [6.45, 7) is 0.905. The van der Waals surface area contributed by atoms with Crippen LogP contribution in [0.4, 0.5) is 0 Å². The van der Waals surface area contributed by atoms with E-state index in [4.69, 9.17) is 9.15 Å². The molecule has 5 nitrogen and oxygen atoms in total. The van der Waals surface area contributed by atoms with E-state index < -0.39 is 6.04 Å². The normalized spacial score (nSPS) is 14.6. The lowest BCUT2D eigenvalue weighted by atomic mass is 9.98. The van der Waals surface area contributed by atoms with Gasteiger partial charge in [0.1, 0.15) is 17.9 Å². The molecule has 1 atom stereocenters. The van der Waals surface area contributed by atoms with Gasteiger partial charge in [0.15, 0.2) is 5.43 Å². The molecule has 1 aromatic heterocycles. The number of ether oxygens (including phenoxy) is 1. The van der Waals surface area contributed by atoms with E-state index in [-0.39, 0.29) is 17.1 Å². The van der Waals surface area contributed by atoms with Crippen molar-refractivity contribution in [2.75, 3.05) is 6.54 Å². The van der Waals surface area contributed by atoms with Crippen LogP contribution in [0.2, 0.25) is 0 Å². The number of halogens is 1. The molecule has 38 heavy (non-hydrogen) atoms. The average Bonchev–Trinajstić information content (AvgIpc) is 3.24. The Bertz CT molecular complexity index is 1660. The first kappa shape index (κ1) is 24.2. The summed E-state index contributed by atoms with van der Waals surface area (Å²) in [5.74, 6) is 0.562. The Labute approximate surface area is 228 Å². The van der Waals surface area contributed by atoms with Gasteiger partial charge in [-0.25, -0.2) is 0 Å². The molecule has 4 aromatic carbocycles. The number of hydrogen-bond donors (Lipinski definition) is 0. The van der Waals surface area contributed by atoms with Crippen molar-refractivity contribution in [1.82, 2.24) is 4.90 Å². The highest BCUT2D eigenvalue weighted by Crippen LogP contribution is 2.39. The van der Waals surface area contributed by atoms with Crippen LogP contribution in [0.5, 0.6) is 5.75 Å². The molecule has 0 saturated carbocycles. The van der Waals surface area contributed by atoms with Crippen molar-refractivity contribution in [2.24, 2.45) is 0 Å². The van der Waals surface area contributed by atoms with Crippen LogP contribution in [0.15, 0.2) is 117 Å². The van der Waals surface area contributed by atoms with Gasteiger partial charge in [-0.15, -0.1) is 0 Å². The molecule has 1 aliphatic rings. The maximum absolute atomic E-state index is 13.8. The first-order valence-corrected chi connectivity index (χ1v) is 13.3. The first-order valence-electron chi connectivity index (χ1n) is 12.5. The smallest absolute Gasteiger partial charge is 0.290 e. The molecule has 6 rings (SSSR count). The Morgan fingerprint density at radius 3 is 2.21 bits per heavy atom. The van der Waals surface area contributed by atoms with E-state index in [0.29, 0.717) is 41.9 Å². The Hall–Kier alpha value is -4.16. The number of carbonyl (C=O) groups excluding carboxylic acids is 1. The van der Waals surface area contributed by atoms with E-state index in [1.54, 1.807) is 23.1 Å². The minimum absolute atomic E-state index is 0.118. The SMILES string of the molecule is O=C1c2oc3ccc(Br)cc3c(=O)c2C(c2ccc(OCc3ccccc3)cc2)N1CCc1ccccc1. The van der Waals surface area contributed by atoms with Gasteiger partial charge in [-0.2, -0.15) is 0 Å². The molecule has 5 aromatic rings. The molecule has 1 aliphatic heterocycles. The van der Waals surface area contributed by atoms with E-state index in [9.17, 15) is 9.59 Å². The molecule has 188 valence electrons. The zero-order valence-corrected chi connectivity index (χ0v) is 22.1. The number of fused-ring (bicyclic) bond motifs is 2. The van der Waals surface area contributed by atoms with Gasteiger partial charge in [0.2, 0.25) is 5.76 Å². The van der Waals surface area contributed by atoms with E-state index >= 15 is 0 Å². The van der Waals surface area contributed by atoms with E-state index in [1.807, 2.05) is 84.9 Å². The van der Waals surface area contributed by atoms with Crippen LogP contribution in [0.1, 0.15) is 38.9 Å². The molecule has 0 saturated heterocycles. The van der Waals surface area contributed by atoms with Crippen LogP contribution in [0, 0.1) is 0 Å². The minimum atomic E-state index is -0.552. The molecule has 0 N–H and O–H groups in total. The number of carbonyl (C=O) groups is 1. The second-order valence-electron chi connectivity index (χ2n) is 9.29. The van der Waals surface area contributed by atoms with E-state index in [2.05, 4.69) is 15.9 Å². The fourth-order valence-corrected chi connectivity index (χ4v) is 5.31. The zero-order chi connectivity index (χ0) is 26.1. The topological polar surface area (TPSA) is 59.8 Å². The predicted octanol–water partition coefficient (Wildman–Crippen LogP) is 6.92. The number of hydrogen-bond acceptors (Lipinski definition) is 4. The quantitative estimate of drug-likeness (QED) is 0.215. The van der Waals surface area contributed by atoms with Crippen LogP contribution < -0.4 is 10.2 Å². The Kier molecular flexibility index (Phi) is 6.56. The molecule has 1 unspecified atom stereocenters. The fraction of sp³-hybridized carbons (Fsp3) is 0.125. The van der Waals surface area contributed by atoms with Crippen LogP contribution in [-0.2, 0) is 13.0 Å². The molecular weight excluding hydrogens is 542 g/mol. The van der Waals surface area contributed by atoms with Gasteiger partial charge in [0.25, 0.3) is 5.91 Å². The average molecular weight is 566 g/mol. The van der Waals surface area contributed by atoms with Crippen LogP contribution >= 0.6 is 15.9 Å². The molecule has 0 aliphatic carbocycles. The van der Waals surface area contributed by atoms with Gasteiger partial charge in [0, 0.05) is 11.0 Å². The van der Waals surface area contributed by atoms with E-state index in [0.717, 1.165) is 21.2 Å². The largest absolute Gasteiger partial charge is 0.489 e. The van der Waals surface area contributed by atoms with Crippen molar-refractivity contribution in [3.05, 3.63) is 146 Å². The number of amides is 1. The Morgan fingerprint density at radius 1 is 0.816 bits per heavy atom. The highest BCUT2D eigenvalue weighted by molar-refractivity contribution is 9.10. The molecule has 6 heteroatoms. The maximum Gasteiger partial charge on any atom is 0.290 e. The van der Waals surface area contributed by atoms with Gasteiger partial charge < -0.3 is 14.1 Å². The van der Waals surface area contributed by atoms with Crippen molar-refractivity contribution in [3.8, 4) is 5.75 Å². The number of nitrogens with zero attached hydrogens (tertiary/aromatic N) is 1. The molecule has 0 bridgehead atoms. The Balaban J connectivity index is 1.37. The third-order valence-corrected chi connectivity index (χ3v) is 7.35. The van der Waals surface area contributed by atoms with Crippen molar-refractivity contribution in [1.29, 1.82) is 0 Å². The molecule has 0 fully saturated rings. The summed E-state index contributed by atoms with van der Waals surface area (Å²) in [5.41, 5.74) is 3.62. The summed E-state index contributed by atoms with van der Waals surface area (Å²) in [4.78, 5) is 29.2.